The first kappa shape index (κ1) is 14.8. The number of nitriles is 1. The van der Waals surface area contributed by atoms with E-state index in [1.165, 1.54) is 12.1 Å². The van der Waals surface area contributed by atoms with Crippen LogP contribution in [0.15, 0.2) is 24.3 Å². The maximum Gasteiger partial charge on any atom is 0.416 e. The van der Waals surface area contributed by atoms with Gasteiger partial charge in [0.05, 0.1) is 17.7 Å². The van der Waals surface area contributed by atoms with Gasteiger partial charge in [0.15, 0.2) is 0 Å². The van der Waals surface area contributed by atoms with Crippen LogP contribution in [0.25, 0.3) is 0 Å². The van der Waals surface area contributed by atoms with Gasteiger partial charge in [0.25, 0.3) is 0 Å². The molecule has 0 amide bonds. The molecule has 20 heavy (non-hydrogen) atoms. The van der Waals surface area contributed by atoms with Crippen molar-refractivity contribution in [3.05, 3.63) is 35.4 Å². The largest absolute Gasteiger partial charge is 0.416 e. The molecule has 0 aromatic heterocycles. The summed E-state index contributed by atoms with van der Waals surface area (Å²) in [6.07, 6.45) is -4.57. The van der Waals surface area contributed by atoms with Gasteiger partial charge >= 0.3 is 6.18 Å². The Labute approximate surface area is 115 Å². The van der Waals surface area contributed by atoms with Crippen molar-refractivity contribution in [1.29, 1.82) is 5.26 Å². The van der Waals surface area contributed by atoms with Crippen LogP contribution in [0.2, 0.25) is 0 Å². The van der Waals surface area contributed by atoms with E-state index in [1.807, 2.05) is 6.07 Å². The van der Waals surface area contributed by atoms with E-state index in [0.29, 0.717) is 13.1 Å². The molecule has 1 N–H and O–H groups in total. The highest BCUT2D eigenvalue weighted by molar-refractivity contribution is 5.33. The zero-order valence-electron chi connectivity index (χ0n) is 10.8. The molecular weight excluding hydrogens is 269 g/mol. The molecule has 2 atom stereocenters. The summed E-state index contributed by atoms with van der Waals surface area (Å²) in [6, 6.07) is 6.92. The van der Waals surface area contributed by atoms with Gasteiger partial charge in [-0.05, 0) is 18.1 Å². The summed E-state index contributed by atoms with van der Waals surface area (Å²) >= 11 is 0. The van der Waals surface area contributed by atoms with Crippen LogP contribution >= 0.6 is 0 Å². The van der Waals surface area contributed by atoms with Crippen molar-refractivity contribution < 1.29 is 18.3 Å². The fourth-order valence-electron chi connectivity index (χ4n) is 2.69. The third-order valence-corrected chi connectivity index (χ3v) is 3.52. The lowest BCUT2D eigenvalue weighted by atomic mass is 9.97. The molecule has 0 saturated carbocycles. The third-order valence-electron chi connectivity index (χ3n) is 3.52. The van der Waals surface area contributed by atoms with Gasteiger partial charge in [-0.25, -0.2) is 0 Å². The second-order valence-electron chi connectivity index (χ2n) is 4.89. The number of rotatable bonds is 3. The van der Waals surface area contributed by atoms with E-state index < -0.39 is 23.9 Å². The predicted octanol–water partition coefficient (Wildman–Crippen LogP) is 2.73. The van der Waals surface area contributed by atoms with Gasteiger partial charge in [0, 0.05) is 25.6 Å². The van der Waals surface area contributed by atoms with Crippen molar-refractivity contribution in [2.45, 2.75) is 31.2 Å². The van der Waals surface area contributed by atoms with E-state index in [1.54, 1.807) is 11.0 Å². The zero-order valence-corrected chi connectivity index (χ0v) is 10.8. The SMILES string of the molecule is N#CCCN1C[C@@H](O)C[C@@H]1c1ccccc1C(F)(F)F. The average Bonchev–Trinajstić information content (AvgIpc) is 2.76. The molecular formula is C14H15F3N2O. The zero-order chi connectivity index (χ0) is 14.8. The molecule has 1 aliphatic heterocycles. The highest BCUT2D eigenvalue weighted by Crippen LogP contribution is 2.40. The minimum absolute atomic E-state index is 0.175. The molecule has 3 nitrogen and oxygen atoms in total. The van der Waals surface area contributed by atoms with Crippen molar-refractivity contribution >= 4 is 0 Å². The lowest BCUT2D eigenvalue weighted by Crippen LogP contribution is -2.27. The van der Waals surface area contributed by atoms with Crippen LogP contribution in [-0.2, 0) is 6.18 Å². The molecule has 1 aromatic rings. The molecule has 2 rings (SSSR count). The molecule has 0 radical (unpaired) electrons. The highest BCUT2D eigenvalue weighted by Gasteiger charge is 2.39. The summed E-state index contributed by atoms with van der Waals surface area (Å²) in [4.78, 5) is 1.75. The quantitative estimate of drug-likeness (QED) is 0.928. The summed E-state index contributed by atoms with van der Waals surface area (Å²) in [5.41, 5.74) is -0.490. The lowest BCUT2D eigenvalue weighted by Gasteiger charge is -2.26. The molecule has 6 heteroatoms. The van der Waals surface area contributed by atoms with E-state index in [4.69, 9.17) is 5.26 Å². The van der Waals surface area contributed by atoms with Gasteiger partial charge in [-0.3, -0.25) is 4.90 Å². The molecule has 1 aliphatic rings. The maximum atomic E-state index is 13.0. The summed E-state index contributed by atoms with van der Waals surface area (Å²) < 4.78 is 39.1. The van der Waals surface area contributed by atoms with Gasteiger partial charge in [-0.2, -0.15) is 18.4 Å². The van der Waals surface area contributed by atoms with Gasteiger partial charge < -0.3 is 5.11 Å². The Morgan fingerprint density at radius 1 is 1.35 bits per heavy atom. The first-order valence-electron chi connectivity index (χ1n) is 6.38. The van der Waals surface area contributed by atoms with Gasteiger partial charge in [0.2, 0.25) is 0 Å². The number of alkyl halides is 3. The summed E-state index contributed by atoms with van der Waals surface area (Å²) in [6.45, 7) is 0.670. The fourth-order valence-corrected chi connectivity index (χ4v) is 2.69. The Morgan fingerprint density at radius 2 is 2.05 bits per heavy atom. The molecule has 1 fully saturated rings. The monoisotopic (exact) mass is 284 g/mol. The standard InChI is InChI=1S/C14H15F3N2O/c15-14(16,17)12-5-2-1-4-11(12)13-8-10(20)9-19(13)7-3-6-18/h1-2,4-5,10,13,20H,3,7-9H2/t10-,13+/m0/s1. The minimum Gasteiger partial charge on any atom is -0.392 e. The first-order valence-corrected chi connectivity index (χ1v) is 6.38. The minimum atomic E-state index is -4.41. The van der Waals surface area contributed by atoms with Crippen molar-refractivity contribution in [2.24, 2.45) is 0 Å². The van der Waals surface area contributed by atoms with Gasteiger partial charge in [-0.1, -0.05) is 18.2 Å². The molecule has 1 aromatic carbocycles. The molecule has 1 heterocycles. The van der Waals surface area contributed by atoms with Crippen molar-refractivity contribution in [1.82, 2.24) is 4.90 Å². The van der Waals surface area contributed by atoms with Crippen molar-refractivity contribution in [3.8, 4) is 6.07 Å². The number of β-amino-alcohol motifs (C(OH)–C–C–N with tert-alkyl or cyclic N) is 1. The van der Waals surface area contributed by atoms with Crippen LogP contribution in [0.3, 0.4) is 0 Å². The van der Waals surface area contributed by atoms with E-state index >= 15 is 0 Å². The molecule has 1 saturated heterocycles. The van der Waals surface area contributed by atoms with E-state index in [2.05, 4.69) is 0 Å². The summed E-state index contributed by atoms with van der Waals surface area (Å²) in [5, 5.41) is 18.3. The second-order valence-corrected chi connectivity index (χ2v) is 4.89. The normalized spacial score (nSPS) is 23.8. The molecule has 0 bridgehead atoms. The van der Waals surface area contributed by atoms with E-state index in [0.717, 1.165) is 6.07 Å². The van der Waals surface area contributed by atoms with Crippen LogP contribution < -0.4 is 0 Å². The fraction of sp³-hybridized carbons (Fsp3) is 0.500. The Morgan fingerprint density at radius 3 is 2.70 bits per heavy atom. The number of halogens is 3. The van der Waals surface area contributed by atoms with E-state index in [9.17, 15) is 18.3 Å². The second kappa shape index (κ2) is 5.81. The molecule has 0 unspecified atom stereocenters. The lowest BCUT2D eigenvalue weighted by molar-refractivity contribution is -0.138. The number of aliphatic hydroxyl groups excluding tert-OH is 1. The van der Waals surface area contributed by atoms with Gasteiger partial charge in [-0.15, -0.1) is 0 Å². The van der Waals surface area contributed by atoms with Crippen molar-refractivity contribution in [3.63, 3.8) is 0 Å². The number of likely N-dealkylation sites (tertiary alicyclic amines) is 1. The number of hydrogen-bond donors (Lipinski definition) is 1. The number of nitrogens with zero attached hydrogens (tertiary/aromatic N) is 2. The Balaban J connectivity index is 2.32. The Bertz CT molecular complexity index is 510. The summed E-state index contributed by atoms with van der Waals surface area (Å²) in [7, 11) is 0. The molecule has 0 spiro atoms. The van der Waals surface area contributed by atoms with E-state index in [-0.39, 0.29) is 18.4 Å². The first-order chi connectivity index (χ1) is 9.43. The smallest absolute Gasteiger partial charge is 0.392 e. The Kier molecular flexibility index (Phi) is 4.31. The van der Waals surface area contributed by atoms with Crippen LogP contribution in [-0.4, -0.2) is 29.2 Å². The molecule has 108 valence electrons. The number of hydrogen-bond acceptors (Lipinski definition) is 3. The summed E-state index contributed by atoms with van der Waals surface area (Å²) in [5.74, 6) is 0. The van der Waals surface area contributed by atoms with Crippen molar-refractivity contribution in [2.75, 3.05) is 13.1 Å². The van der Waals surface area contributed by atoms with Crippen LogP contribution in [0, 0.1) is 11.3 Å². The number of aliphatic hydroxyl groups is 1. The predicted molar refractivity (Wildman–Crippen MR) is 66.6 cm³/mol. The average molecular weight is 284 g/mol. The van der Waals surface area contributed by atoms with Crippen LogP contribution in [0.1, 0.15) is 30.0 Å². The molecule has 0 aliphatic carbocycles. The topological polar surface area (TPSA) is 47.3 Å². The Hall–Kier alpha value is -1.58. The number of benzene rings is 1. The van der Waals surface area contributed by atoms with Crippen LogP contribution in [0.5, 0.6) is 0 Å². The third kappa shape index (κ3) is 3.11. The maximum absolute atomic E-state index is 13.0. The highest BCUT2D eigenvalue weighted by atomic mass is 19.4. The van der Waals surface area contributed by atoms with Gasteiger partial charge in [0.1, 0.15) is 0 Å². The van der Waals surface area contributed by atoms with Crippen LogP contribution in [0.4, 0.5) is 13.2 Å².